The van der Waals surface area contributed by atoms with Gasteiger partial charge in [0, 0.05) is 18.5 Å². The Morgan fingerprint density at radius 2 is 2.42 bits per heavy atom. The van der Waals surface area contributed by atoms with Crippen molar-refractivity contribution in [2.45, 2.75) is 19.3 Å². The van der Waals surface area contributed by atoms with Gasteiger partial charge in [-0.05, 0) is 24.5 Å². The number of rotatable bonds is 5. The summed E-state index contributed by atoms with van der Waals surface area (Å²) in [5, 5.41) is 11.5. The molecule has 1 amide bonds. The molecule has 1 heterocycles. The van der Waals surface area contributed by atoms with E-state index in [0.29, 0.717) is 24.1 Å². The Morgan fingerprint density at radius 3 is 3.00 bits per heavy atom. The first kappa shape index (κ1) is 13.2. The smallest absolute Gasteiger partial charge is 0.262 e. The monoisotopic (exact) mass is 256 g/mol. The van der Waals surface area contributed by atoms with E-state index in [0.717, 1.165) is 12.2 Å². The van der Waals surface area contributed by atoms with Gasteiger partial charge in [0.2, 0.25) is 0 Å². The lowest BCUT2D eigenvalue weighted by atomic mass is 10.2. The van der Waals surface area contributed by atoms with Crippen molar-refractivity contribution in [3.05, 3.63) is 41.9 Å². The molecule has 1 aromatic heterocycles. The van der Waals surface area contributed by atoms with Crippen LogP contribution in [0.3, 0.4) is 0 Å². The van der Waals surface area contributed by atoms with Crippen LogP contribution in [0.15, 0.2) is 34.8 Å². The number of hydrogen-bond acceptors (Lipinski definition) is 3. The third-order valence-corrected chi connectivity index (χ3v) is 3.18. The molecule has 0 aliphatic heterocycles. The van der Waals surface area contributed by atoms with Crippen molar-refractivity contribution in [3.8, 4) is 6.07 Å². The second-order valence-corrected chi connectivity index (χ2v) is 4.73. The summed E-state index contributed by atoms with van der Waals surface area (Å²) >= 11 is 0. The number of nitriles is 1. The average Bonchev–Trinajstić information content (AvgIpc) is 2.96. The standard InChI is InChI=1S/C15H16N2O2/c1-3-6-17-15(18)11(9-16)8-12-4-5-14(19-12)13-7-10(13)2/h3-5,8,10,13H,1,6-7H2,2H3,(H,17,18)/b11-8+/t10-,13+/m1/s1. The second kappa shape index (κ2) is 5.57. The van der Waals surface area contributed by atoms with E-state index in [-0.39, 0.29) is 5.57 Å². The van der Waals surface area contributed by atoms with Crippen molar-refractivity contribution in [3.63, 3.8) is 0 Å². The van der Waals surface area contributed by atoms with Crippen molar-refractivity contribution in [2.24, 2.45) is 5.92 Å². The molecule has 1 fully saturated rings. The highest BCUT2D eigenvalue weighted by Gasteiger charge is 2.36. The SMILES string of the molecule is C=CCNC(=O)/C(C#N)=C/c1ccc([C@H]2C[C@H]2C)o1. The first-order chi connectivity index (χ1) is 9.15. The Balaban J connectivity index is 2.09. The molecule has 98 valence electrons. The van der Waals surface area contributed by atoms with Crippen LogP contribution in [0.5, 0.6) is 0 Å². The van der Waals surface area contributed by atoms with Gasteiger partial charge in [0.25, 0.3) is 5.91 Å². The third kappa shape index (κ3) is 3.14. The predicted octanol–water partition coefficient (Wildman–Crippen LogP) is 2.61. The lowest BCUT2D eigenvalue weighted by Gasteiger charge is -1.99. The molecule has 4 heteroatoms. The summed E-state index contributed by atoms with van der Waals surface area (Å²) in [5.74, 6) is 2.21. The van der Waals surface area contributed by atoms with Crippen LogP contribution in [0.4, 0.5) is 0 Å². The Kier molecular flexibility index (Phi) is 3.86. The number of carbonyl (C=O) groups is 1. The van der Waals surface area contributed by atoms with Crippen LogP contribution in [0, 0.1) is 17.2 Å². The molecule has 4 nitrogen and oxygen atoms in total. The minimum absolute atomic E-state index is 0.0339. The zero-order chi connectivity index (χ0) is 13.8. The van der Waals surface area contributed by atoms with E-state index in [1.165, 1.54) is 6.08 Å². The zero-order valence-corrected chi connectivity index (χ0v) is 10.8. The molecule has 2 rings (SSSR count). The number of nitrogens with zero attached hydrogens (tertiary/aromatic N) is 1. The molecule has 0 saturated heterocycles. The number of carbonyl (C=O) groups excluding carboxylic acids is 1. The largest absolute Gasteiger partial charge is 0.461 e. The van der Waals surface area contributed by atoms with Crippen LogP contribution in [0.25, 0.3) is 6.08 Å². The fourth-order valence-corrected chi connectivity index (χ4v) is 1.91. The van der Waals surface area contributed by atoms with Gasteiger partial charge in [0.05, 0.1) is 0 Å². The molecule has 1 saturated carbocycles. The molecule has 2 atom stereocenters. The Labute approximate surface area is 112 Å². The first-order valence-corrected chi connectivity index (χ1v) is 6.26. The summed E-state index contributed by atoms with van der Waals surface area (Å²) in [6.45, 7) is 6.01. The molecule has 1 aliphatic rings. The van der Waals surface area contributed by atoms with E-state index in [4.69, 9.17) is 9.68 Å². The van der Waals surface area contributed by atoms with E-state index in [2.05, 4.69) is 18.8 Å². The zero-order valence-electron chi connectivity index (χ0n) is 10.8. The summed E-state index contributed by atoms with van der Waals surface area (Å²) in [5.41, 5.74) is 0.0339. The first-order valence-electron chi connectivity index (χ1n) is 6.26. The highest BCUT2D eigenvalue weighted by atomic mass is 16.3. The Hall–Kier alpha value is -2.28. The highest BCUT2D eigenvalue weighted by Crippen LogP contribution is 2.47. The molecule has 1 N–H and O–H groups in total. The molecule has 0 unspecified atom stereocenters. The Bertz CT molecular complexity index is 563. The summed E-state index contributed by atoms with van der Waals surface area (Å²) in [6.07, 6.45) is 4.17. The molecular formula is C15H16N2O2. The highest BCUT2D eigenvalue weighted by molar-refractivity contribution is 6.01. The van der Waals surface area contributed by atoms with Gasteiger partial charge in [-0.2, -0.15) is 5.26 Å². The Morgan fingerprint density at radius 1 is 1.68 bits per heavy atom. The van der Waals surface area contributed by atoms with E-state index in [9.17, 15) is 4.79 Å². The maximum atomic E-state index is 11.7. The number of hydrogen-bond donors (Lipinski definition) is 1. The topological polar surface area (TPSA) is 66.0 Å². The molecule has 19 heavy (non-hydrogen) atoms. The normalized spacial score (nSPS) is 21.6. The van der Waals surface area contributed by atoms with Crippen LogP contribution in [-0.2, 0) is 4.79 Å². The summed E-state index contributed by atoms with van der Waals surface area (Å²) in [4.78, 5) is 11.7. The maximum absolute atomic E-state index is 11.7. The van der Waals surface area contributed by atoms with Gasteiger partial charge in [-0.1, -0.05) is 13.0 Å². The van der Waals surface area contributed by atoms with E-state index < -0.39 is 5.91 Å². The number of amides is 1. The predicted molar refractivity (Wildman–Crippen MR) is 72.0 cm³/mol. The fraction of sp³-hybridized carbons (Fsp3) is 0.333. The van der Waals surface area contributed by atoms with Crippen LogP contribution in [-0.4, -0.2) is 12.5 Å². The van der Waals surface area contributed by atoms with E-state index in [1.807, 2.05) is 12.1 Å². The lowest BCUT2D eigenvalue weighted by molar-refractivity contribution is -0.116. The van der Waals surface area contributed by atoms with Gasteiger partial charge in [-0.25, -0.2) is 0 Å². The van der Waals surface area contributed by atoms with Crippen molar-refractivity contribution in [1.29, 1.82) is 5.26 Å². The van der Waals surface area contributed by atoms with E-state index in [1.54, 1.807) is 12.1 Å². The van der Waals surface area contributed by atoms with Crippen molar-refractivity contribution < 1.29 is 9.21 Å². The van der Waals surface area contributed by atoms with Gasteiger partial charge in [-0.3, -0.25) is 4.79 Å². The lowest BCUT2D eigenvalue weighted by Crippen LogP contribution is -2.24. The van der Waals surface area contributed by atoms with Crippen LogP contribution in [0.1, 0.15) is 30.8 Å². The van der Waals surface area contributed by atoms with Gasteiger partial charge in [0.15, 0.2) is 0 Å². The molecular weight excluding hydrogens is 240 g/mol. The van der Waals surface area contributed by atoms with Gasteiger partial charge >= 0.3 is 0 Å². The fourth-order valence-electron chi connectivity index (χ4n) is 1.91. The minimum Gasteiger partial charge on any atom is -0.461 e. The van der Waals surface area contributed by atoms with Crippen molar-refractivity contribution >= 4 is 12.0 Å². The molecule has 0 radical (unpaired) electrons. The average molecular weight is 256 g/mol. The second-order valence-electron chi connectivity index (χ2n) is 4.73. The van der Waals surface area contributed by atoms with Gasteiger partial charge < -0.3 is 9.73 Å². The van der Waals surface area contributed by atoms with Gasteiger partial charge in [-0.15, -0.1) is 6.58 Å². The van der Waals surface area contributed by atoms with Crippen LogP contribution >= 0.6 is 0 Å². The molecule has 1 aromatic rings. The molecule has 0 bridgehead atoms. The molecule has 0 aromatic carbocycles. The number of nitrogens with one attached hydrogen (secondary N) is 1. The molecule has 1 aliphatic carbocycles. The van der Waals surface area contributed by atoms with Crippen LogP contribution < -0.4 is 5.32 Å². The summed E-state index contributed by atoms with van der Waals surface area (Å²) in [7, 11) is 0. The van der Waals surface area contributed by atoms with Crippen molar-refractivity contribution in [2.75, 3.05) is 6.54 Å². The summed E-state index contributed by atoms with van der Waals surface area (Å²) < 4.78 is 5.64. The van der Waals surface area contributed by atoms with E-state index >= 15 is 0 Å². The van der Waals surface area contributed by atoms with Crippen molar-refractivity contribution in [1.82, 2.24) is 5.32 Å². The molecule has 0 spiro atoms. The van der Waals surface area contributed by atoms with Crippen LogP contribution in [0.2, 0.25) is 0 Å². The number of furan rings is 1. The minimum atomic E-state index is -0.417. The summed E-state index contributed by atoms with van der Waals surface area (Å²) in [6, 6.07) is 5.58. The van der Waals surface area contributed by atoms with Gasteiger partial charge in [0.1, 0.15) is 23.2 Å². The quantitative estimate of drug-likeness (QED) is 0.500. The maximum Gasteiger partial charge on any atom is 0.262 e. The third-order valence-electron chi connectivity index (χ3n) is 3.18.